The van der Waals surface area contributed by atoms with Gasteiger partial charge in [0.15, 0.2) is 4.77 Å². The highest BCUT2D eigenvalue weighted by molar-refractivity contribution is 7.71. The van der Waals surface area contributed by atoms with Gasteiger partial charge in [0.1, 0.15) is 11.3 Å². The van der Waals surface area contributed by atoms with E-state index < -0.39 is 0 Å². The molecule has 3 nitrogen and oxygen atoms in total. The molecule has 0 bridgehead atoms. The van der Waals surface area contributed by atoms with Gasteiger partial charge in [-0.3, -0.25) is 0 Å². The minimum atomic E-state index is -0.279. The molecule has 0 aliphatic heterocycles. The second kappa shape index (κ2) is 3.85. The Morgan fingerprint density at radius 2 is 2.24 bits per heavy atom. The van der Waals surface area contributed by atoms with E-state index in [2.05, 4.69) is 4.98 Å². The maximum atomic E-state index is 13.8. The van der Waals surface area contributed by atoms with E-state index in [9.17, 15) is 4.39 Å². The van der Waals surface area contributed by atoms with Crippen LogP contribution < -0.4 is 0 Å². The zero-order valence-corrected chi connectivity index (χ0v) is 9.63. The van der Waals surface area contributed by atoms with Gasteiger partial charge < -0.3 is 14.0 Å². The fourth-order valence-electron chi connectivity index (χ4n) is 1.89. The number of hydrogen-bond donors (Lipinski definition) is 1. The van der Waals surface area contributed by atoms with Crippen LogP contribution in [0.2, 0.25) is 0 Å². The maximum Gasteiger partial charge on any atom is 0.178 e. The summed E-state index contributed by atoms with van der Waals surface area (Å²) in [7, 11) is 0. The molecule has 0 saturated carbocycles. The number of benzene rings is 1. The first-order chi connectivity index (χ1) is 8.25. The number of furan rings is 1. The zero-order valence-electron chi connectivity index (χ0n) is 8.81. The first-order valence-corrected chi connectivity index (χ1v) is 5.54. The van der Waals surface area contributed by atoms with Crippen LogP contribution in [0.4, 0.5) is 4.39 Å². The second-order valence-corrected chi connectivity index (χ2v) is 4.17. The summed E-state index contributed by atoms with van der Waals surface area (Å²) in [4.78, 5) is 2.99. The smallest absolute Gasteiger partial charge is 0.178 e. The molecule has 5 heteroatoms. The van der Waals surface area contributed by atoms with Gasteiger partial charge in [0.25, 0.3) is 0 Å². The number of nitrogens with one attached hydrogen (secondary N) is 1. The van der Waals surface area contributed by atoms with Crippen molar-refractivity contribution in [3.05, 3.63) is 52.9 Å². The molecule has 0 unspecified atom stereocenters. The average Bonchev–Trinajstić information content (AvgIpc) is 2.89. The highest BCUT2D eigenvalue weighted by Crippen LogP contribution is 2.19. The van der Waals surface area contributed by atoms with E-state index >= 15 is 0 Å². The van der Waals surface area contributed by atoms with Crippen LogP contribution in [-0.4, -0.2) is 9.55 Å². The van der Waals surface area contributed by atoms with Crippen molar-refractivity contribution in [3.8, 4) is 0 Å². The summed E-state index contributed by atoms with van der Waals surface area (Å²) in [6, 6.07) is 6.73. The van der Waals surface area contributed by atoms with Crippen LogP contribution in [0.5, 0.6) is 0 Å². The maximum absolute atomic E-state index is 13.8. The summed E-state index contributed by atoms with van der Waals surface area (Å²) in [5, 5.41) is 0. The summed E-state index contributed by atoms with van der Waals surface area (Å²) >= 11 is 5.20. The topological polar surface area (TPSA) is 33.9 Å². The molecule has 1 N–H and O–H groups in total. The van der Waals surface area contributed by atoms with Crippen molar-refractivity contribution in [1.82, 2.24) is 9.55 Å². The van der Waals surface area contributed by atoms with Crippen LogP contribution in [0.25, 0.3) is 11.0 Å². The molecule has 0 radical (unpaired) electrons. The first kappa shape index (κ1) is 10.3. The van der Waals surface area contributed by atoms with E-state index in [1.807, 2.05) is 6.07 Å². The second-order valence-electron chi connectivity index (χ2n) is 3.78. The van der Waals surface area contributed by atoms with Crippen molar-refractivity contribution in [1.29, 1.82) is 0 Å². The van der Waals surface area contributed by atoms with Crippen LogP contribution >= 0.6 is 12.2 Å². The number of rotatable bonds is 2. The summed E-state index contributed by atoms with van der Waals surface area (Å²) < 4.78 is 21.0. The van der Waals surface area contributed by atoms with Gasteiger partial charge in [-0.1, -0.05) is 6.07 Å². The van der Waals surface area contributed by atoms with Crippen LogP contribution in [0, 0.1) is 10.6 Å². The van der Waals surface area contributed by atoms with E-state index in [1.165, 1.54) is 6.07 Å². The number of para-hydroxylation sites is 1. The SMILES string of the molecule is Fc1cccc2[nH]c(=S)n(Cc3ccoc3)c12. The van der Waals surface area contributed by atoms with Crippen molar-refractivity contribution >= 4 is 23.3 Å². The number of aromatic amines is 1. The molecule has 3 aromatic rings. The lowest BCUT2D eigenvalue weighted by Crippen LogP contribution is -1.99. The van der Waals surface area contributed by atoms with E-state index in [4.69, 9.17) is 16.6 Å². The zero-order chi connectivity index (χ0) is 11.8. The number of fused-ring (bicyclic) bond motifs is 1. The number of imidazole rings is 1. The van der Waals surface area contributed by atoms with Crippen LogP contribution in [0.1, 0.15) is 5.56 Å². The molecule has 0 aliphatic carbocycles. The van der Waals surface area contributed by atoms with Gasteiger partial charge in [-0.05, 0) is 30.4 Å². The molecule has 2 heterocycles. The Bertz CT molecular complexity index is 712. The van der Waals surface area contributed by atoms with Crippen LogP contribution in [-0.2, 0) is 6.54 Å². The third kappa shape index (κ3) is 1.68. The Hall–Kier alpha value is -1.88. The van der Waals surface area contributed by atoms with Crippen molar-refractivity contribution in [2.24, 2.45) is 0 Å². The lowest BCUT2D eigenvalue weighted by Gasteiger charge is -2.02. The van der Waals surface area contributed by atoms with Crippen molar-refractivity contribution < 1.29 is 8.81 Å². The number of halogens is 1. The number of H-pyrrole nitrogens is 1. The molecule has 0 amide bonds. The van der Waals surface area contributed by atoms with E-state index in [-0.39, 0.29) is 5.82 Å². The third-order valence-electron chi connectivity index (χ3n) is 2.66. The summed E-state index contributed by atoms with van der Waals surface area (Å²) in [6.07, 6.45) is 3.21. The molecule has 0 saturated heterocycles. The summed E-state index contributed by atoms with van der Waals surface area (Å²) in [5.41, 5.74) is 2.16. The Balaban J connectivity index is 2.21. The van der Waals surface area contributed by atoms with Gasteiger partial charge in [0.05, 0.1) is 24.6 Å². The minimum Gasteiger partial charge on any atom is -0.472 e. The van der Waals surface area contributed by atoms with Crippen molar-refractivity contribution in [2.45, 2.75) is 6.54 Å². The monoisotopic (exact) mass is 248 g/mol. The van der Waals surface area contributed by atoms with E-state index in [0.717, 1.165) is 5.56 Å². The molecule has 2 aromatic heterocycles. The summed E-state index contributed by atoms with van der Waals surface area (Å²) in [6.45, 7) is 0.496. The molecule has 0 atom stereocenters. The van der Waals surface area contributed by atoms with Gasteiger partial charge in [0, 0.05) is 5.56 Å². The first-order valence-electron chi connectivity index (χ1n) is 5.14. The molecule has 17 heavy (non-hydrogen) atoms. The van der Waals surface area contributed by atoms with Gasteiger partial charge in [-0.2, -0.15) is 0 Å². The predicted octanol–water partition coefficient (Wildman–Crippen LogP) is 3.48. The van der Waals surface area contributed by atoms with Crippen molar-refractivity contribution in [2.75, 3.05) is 0 Å². The highest BCUT2D eigenvalue weighted by atomic mass is 32.1. The van der Waals surface area contributed by atoms with Gasteiger partial charge >= 0.3 is 0 Å². The minimum absolute atomic E-state index is 0.279. The Morgan fingerprint density at radius 1 is 1.35 bits per heavy atom. The van der Waals surface area contributed by atoms with E-state index in [0.29, 0.717) is 22.3 Å². The number of hydrogen-bond acceptors (Lipinski definition) is 2. The fourth-order valence-corrected chi connectivity index (χ4v) is 2.16. The number of nitrogens with zero attached hydrogens (tertiary/aromatic N) is 1. The van der Waals surface area contributed by atoms with Crippen LogP contribution in [0.3, 0.4) is 0 Å². The Morgan fingerprint density at radius 3 is 3.00 bits per heavy atom. The molecule has 0 spiro atoms. The molecular formula is C12H9FN2OS. The molecule has 1 aromatic carbocycles. The van der Waals surface area contributed by atoms with Gasteiger partial charge in [-0.15, -0.1) is 0 Å². The molecule has 0 aliphatic rings. The van der Waals surface area contributed by atoms with Gasteiger partial charge in [-0.25, -0.2) is 4.39 Å². The summed E-state index contributed by atoms with van der Waals surface area (Å²) in [5.74, 6) is -0.279. The van der Waals surface area contributed by atoms with E-state index in [1.54, 1.807) is 29.2 Å². The molecule has 3 rings (SSSR count). The molecule has 0 fully saturated rings. The highest BCUT2D eigenvalue weighted by Gasteiger charge is 2.09. The Labute approximate surface area is 101 Å². The third-order valence-corrected chi connectivity index (χ3v) is 2.99. The van der Waals surface area contributed by atoms with Crippen LogP contribution in [0.15, 0.2) is 41.2 Å². The lowest BCUT2D eigenvalue weighted by atomic mass is 10.3. The normalized spacial score (nSPS) is 11.1. The molecule has 86 valence electrons. The largest absolute Gasteiger partial charge is 0.472 e. The molecular weight excluding hydrogens is 239 g/mol. The lowest BCUT2D eigenvalue weighted by molar-refractivity contribution is 0.562. The average molecular weight is 248 g/mol. The van der Waals surface area contributed by atoms with Crippen molar-refractivity contribution in [3.63, 3.8) is 0 Å². The fraction of sp³-hybridized carbons (Fsp3) is 0.0833. The quantitative estimate of drug-likeness (QED) is 0.704. The van der Waals surface area contributed by atoms with Gasteiger partial charge in [0.2, 0.25) is 0 Å². The predicted molar refractivity (Wildman–Crippen MR) is 64.9 cm³/mol. The number of aromatic nitrogens is 2. The standard InChI is InChI=1S/C12H9FN2OS/c13-9-2-1-3-10-11(9)15(12(17)14-10)6-8-4-5-16-7-8/h1-5,7H,6H2,(H,14,17). The Kier molecular flexibility index (Phi) is 2.33.